The van der Waals surface area contributed by atoms with Crippen LogP contribution in [0.2, 0.25) is 0 Å². The van der Waals surface area contributed by atoms with Crippen molar-refractivity contribution >= 4 is 17.6 Å². The molecule has 7 nitrogen and oxygen atoms in total. The summed E-state index contributed by atoms with van der Waals surface area (Å²) in [5.74, 6) is -0.281. The third-order valence-electron chi connectivity index (χ3n) is 5.37. The highest BCUT2D eigenvalue weighted by molar-refractivity contribution is 5.97. The van der Waals surface area contributed by atoms with Crippen molar-refractivity contribution in [1.82, 2.24) is 5.32 Å². The van der Waals surface area contributed by atoms with Crippen LogP contribution in [0.3, 0.4) is 0 Å². The fourth-order valence-corrected chi connectivity index (χ4v) is 3.50. The molecule has 0 aliphatic rings. The Balaban J connectivity index is 1.65. The molecular formula is C28H32N2O5. The van der Waals surface area contributed by atoms with Gasteiger partial charge < -0.3 is 25.6 Å². The first-order chi connectivity index (χ1) is 16.8. The van der Waals surface area contributed by atoms with Crippen molar-refractivity contribution in [2.24, 2.45) is 0 Å². The molecule has 0 aliphatic carbocycles. The van der Waals surface area contributed by atoms with Gasteiger partial charge in [0.1, 0.15) is 17.5 Å². The molecule has 3 aromatic carbocycles. The predicted octanol–water partition coefficient (Wildman–Crippen LogP) is 4.28. The number of hydrogen-bond acceptors (Lipinski definition) is 6. The zero-order chi connectivity index (χ0) is 25.2. The molecule has 0 saturated carbocycles. The number of amides is 1. The molecule has 0 unspecified atom stereocenters. The van der Waals surface area contributed by atoms with Gasteiger partial charge >= 0.3 is 5.97 Å². The van der Waals surface area contributed by atoms with Gasteiger partial charge in [-0.2, -0.15) is 0 Å². The quantitative estimate of drug-likeness (QED) is 0.281. The monoisotopic (exact) mass is 476 g/mol. The number of aromatic hydroxyl groups is 1. The Morgan fingerprint density at radius 1 is 0.943 bits per heavy atom. The van der Waals surface area contributed by atoms with E-state index < -0.39 is 17.9 Å². The fraction of sp³-hybridized carbons (Fsp3) is 0.286. The SMILES string of the molecule is CC(C)OC(=O)[C@H](CCc1ccccc1)NC(=O)c1ccc(N)c(OCCc2ccc(O)cc2)c1. The Kier molecular flexibility index (Phi) is 9.12. The lowest BCUT2D eigenvalue weighted by Crippen LogP contribution is -2.43. The smallest absolute Gasteiger partial charge is 0.328 e. The second-order valence-electron chi connectivity index (χ2n) is 8.55. The van der Waals surface area contributed by atoms with Gasteiger partial charge in [-0.3, -0.25) is 4.79 Å². The summed E-state index contributed by atoms with van der Waals surface area (Å²) in [6, 6.07) is 20.6. The normalized spacial score (nSPS) is 11.6. The average Bonchev–Trinajstić information content (AvgIpc) is 2.84. The molecule has 0 spiro atoms. The minimum Gasteiger partial charge on any atom is -0.508 e. The van der Waals surface area contributed by atoms with Crippen LogP contribution in [0.15, 0.2) is 72.8 Å². The van der Waals surface area contributed by atoms with Crippen LogP contribution in [0.4, 0.5) is 5.69 Å². The van der Waals surface area contributed by atoms with E-state index in [9.17, 15) is 14.7 Å². The fourth-order valence-electron chi connectivity index (χ4n) is 3.50. The number of nitrogens with two attached hydrogens (primary N) is 1. The topological polar surface area (TPSA) is 111 Å². The highest BCUT2D eigenvalue weighted by atomic mass is 16.5. The second-order valence-corrected chi connectivity index (χ2v) is 8.55. The minimum atomic E-state index is -0.790. The third kappa shape index (κ3) is 8.07. The molecule has 7 heteroatoms. The molecule has 0 heterocycles. The maximum Gasteiger partial charge on any atom is 0.328 e. The highest BCUT2D eigenvalue weighted by Gasteiger charge is 2.24. The number of anilines is 1. The van der Waals surface area contributed by atoms with Gasteiger partial charge in [-0.15, -0.1) is 0 Å². The lowest BCUT2D eigenvalue weighted by atomic mass is 10.0. The van der Waals surface area contributed by atoms with Crippen LogP contribution in [0.5, 0.6) is 11.5 Å². The second kappa shape index (κ2) is 12.5. The lowest BCUT2D eigenvalue weighted by Gasteiger charge is -2.20. The summed E-state index contributed by atoms with van der Waals surface area (Å²) in [4.78, 5) is 25.7. The number of aryl methyl sites for hydroxylation is 1. The summed E-state index contributed by atoms with van der Waals surface area (Å²) in [7, 11) is 0. The first-order valence-corrected chi connectivity index (χ1v) is 11.7. The standard InChI is InChI=1S/C28H32N2O5/c1-19(2)35-28(33)25(15-10-20-6-4-3-5-7-20)30-27(32)22-11-14-24(29)26(18-22)34-17-16-21-8-12-23(31)13-9-21/h3-9,11-14,18-19,25,31H,10,15-17,29H2,1-2H3,(H,30,32)/t25-/m0/s1. The van der Waals surface area contributed by atoms with Gasteiger partial charge in [-0.05, 0) is 68.1 Å². The van der Waals surface area contributed by atoms with Gasteiger partial charge in [0, 0.05) is 12.0 Å². The zero-order valence-corrected chi connectivity index (χ0v) is 20.1. The Labute approximate surface area is 205 Å². The number of nitrogens with one attached hydrogen (secondary N) is 1. The Bertz CT molecular complexity index is 1110. The van der Waals surface area contributed by atoms with Crippen molar-refractivity contribution in [2.45, 2.75) is 45.3 Å². The molecule has 3 rings (SSSR count). The van der Waals surface area contributed by atoms with Crippen molar-refractivity contribution in [2.75, 3.05) is 12.3 Å². The van der Waals surface area contributed by atoms with Crippen LogP contribution in [0.25, 0.3) is 0 Å². The van der Waals surface area contributed by atoms with Crippen molar-refractivity contribution in [3.05, 3.63) is 89.5 Å². The Morgan fingerprint density at radius 3 is 2.31 bits per heavy atom. The van der Waals surface area contributed by atoms with Crippen molar-refractivity contribution in [1.29, 1.82) is 0 Å². The molecule has 0 bridgehead atoms. The summed E-state index contributed by atoms with van der Waals surface area (Å²) in [5, 5.41) is 12.2. The van der Waals surface area contributed by atoms with Crippen molar-refractivity contribution in [3.63, 3.8) is 0 Å². The highest BCUT2D eigenvalue weighted by Crippen LogP contribution is 2.23. The number of ether oxygens (including phenoxy) is 2. The summed E-state index contributed by atoms with van der Waals surface area (Å²) in [6.45, 7) is 3.89. The third-order valence-corrected chi connectivity index (χ3v) is 5.37. The molecule has 0 saturated heterocycles. The van der Waals surface area contributed by atoms with Crippen LogP contribution in [-0.2, 0) is 22.4 Å². The van der Waals surface area contributed by atoms with Gasteiger partial charge in [0.25, 0.3) is 5.91 Å². The molecule has 4 N–H and O–H groups in total. The van der Waals surface area contributed by atoms with E-state index >= 15 is 0 Å². The number of rotatable bonds is 11. The van der Waals surface area contributed by atoms with Crippen LogP contribution in [0.1, 0.15) is 41.8 Å². The number of carbonyl (C=O) groups is 2. The maximum atomic E-state index is 13.0. The molecule has 1 amide bonds. The summed E-state index contributed by atoms with van der Waals surface area (Å²) in [5.41, 5.74) is 8.86. The number of phenols is 1. The number of phenolic OH excluding ortho intramolecular Hbond substituents is 1. The largest absolute Gasteiger partial charge is 0.508 e. The predicted molar refractivity (Wildman–Crippen MR) is 135 cm³/mol. The lowest BCUT2D eigenvalue weighted by molar-refractivity contribution is -0.149. The van der Waals surface area contributed by atoms with E-state index in [0.717, 1.165) is 11.1 Å². The number of esters is 1. The molecule has 0 aromatic heterocycles. The minimum absolute atomic E-state index is 0.206. The van der Waals surface area contributed by atoms with E-state index in [-0.39, 0.29) is 11.9 Å². The van der Waals surface area contributed by atoms with E-state index in [1.54, 1.807) is 44.2 Å². The van der Waals surface area contributed by atoms with Gasteiger partial charge in [-0.25, -0.2) is 4.79 Å². The van der Waals surface area contributed by atoms with Gasteiger partial charge in [0.05, 0.1) is 18.4 Å². The number of carbonyl (C=O) groups excluding carboxylic acids is 2. The van der Waals surface area contributed by atoms with Crippen LogP contribution in [0, 0.1) is 0 Å². The maximum absolute atomic E-state index is 13.0. The number of nitrogen functional groups attached to an aromatic ring is 1. The van der Waals surface area contributed by atoms with Crippen molar-refractivity contribution < 1.29 is 24.2 Å². The van der Waals surface area contributed by atoms with Gasteiger partial charge in [0.15, 0.2) is 0 Å². The average molecular weight is 477 g/mol. The van der Waals surface area contributed by atoms with E-state index in [1.165, 1.54) is 0 Å². The van der Waals surface area contributed by atoms with Crippen molar-refractivity contribution in [3.8, 4) is 11.5 Å². The summed E-state index contributed by atoms with van der Waals surface area (Å²) >= 11 is 0. The van der Waals surface area contributed by atoms with E-state index in [4.69, 9.17) is 15.2 Å². The molecule has 0 radical (unpaired) electrons. The molecule has 1 atom stereocenters. The number of benzene rings is 3. The molecule has 0 aliphatic heterocycles. The Morgan fingerprint density at radius 2 is 1.63 bits per heavy atom. The molecule has 3 aromatic rings. The molecule has 0 fully saturated rings. The molecule has 35 heavy (non-hydrogen) atoms. The first-order valence-electron chi connectivity index (χ1n) is 11.7. The van der Waals surface area contributed by atoms with E-state index in [1.807, 2.05) is 42.5 Å². The van der Waals surface area contributed by atoms with Gasteiger partial charge in [-0.1, -0.05) is 42.5 Å². The van der Waals surface area contributed by atoms with E-state index in [0.29, 0.717) is 42.9 Å². The molecule has 184 valence electrons. The van der Waals surface area contributed by atoms with Gasteiger partial charge in [0.2, 0.25) is 0 Å². The van der Waals surface area contributed by atoms with E-state index in [2.05, 4.69) is 5.32 Å². The van der Waals surface area contributed by atoms with Crippen LogP contribution < -0.4 is 15.8 Å². The summed E-state index contributed by atoms with van der Waals surface area (Å²) < 4.78 is 11.2. The van der Waals surface area contributed by atoms with Crippen LogP contribution >= 0.6 is 0 Å². The Hall–Kier alpha value is -4.00. The first kappa shape index (κ1) is 25.6. The zero-order valence-electron chi connectivity index (χ0n) is 20.1. The van der Waals surface area contributed by atoms with Crippen LogP contribution in [-0.4, -0.2) is 35.7 Å². The molecular weight excluding hydrogens is 444 g/mol. The number of hydrogen-bond donors (Lipinski definition) is 3. The summed E-state index contributed by atoms with van der Waals surface area (Å²) in [6.07, 6.45) is 1.35.